The molecule has 2 aromatic carbocycles. The largest absolute Gasteiger partial charge is 0.384 e. The normalized spacial score (nSPS) is 11.8. The van der Waals surface area contributed by atoms with Crippen LogP contribution in [0.4, 0.5) is 13.2 Å². The smallest absolute Gasteiger partial charge is 0.161 e. The van der Waals surface area contributed by atoms with Crippen molar-refractivity contribution in [3.8, 4) is 26.7 Å². The van der Waals surface area contributed by atoms with Gasteiger partial charge in [0.25, 0.3) is 0 Å². The molecule has 1 N–H and O–H groups in total. The van der Waals surface area contributed by atoms with E-state index in [1.54, 1.807) is 54.9 Å². The average molecular weight is 449 g/mol. The highest BCUT2D eigenvalue weighted by atomic mass is 35.5. The first-order valence-electron chi connectivity index (χ1n) is 8.98. The maximum Gasteiger partial charge on any atom is 0.161 e. The number of nitrogens with zero attached hydrogens (tertiary/aromatic N) is 2. The van der Waals surface area contributed by atoms with Gasteiger partial charge in [-0.2, -0.15) is 5.10 Å². The van der Waals surface area contributed by atoms with Gasteiger partial charge in [-0.1, -0.05) is 23.7 Å². The van der Waals surface area contributed by atoms with Gasteiger partial charge >= 0.3 is 0 Å². The topological polar surface area (TPSA) is 38.0 Å². The van der Waals surface area contributed by atoms with Crippen molar-refractivity contribution in [3.05, 3.63) is 82.8 Å². The zero-order valence-electron chi connectivity index (χ0n) is 16.0. The summed E-state index contributed by atoms with van der Waals surface area (Å²) in [6.45, 7) is 3.24. The predicted octanol–water partition coefficient (Wildman–Crippen LogP) is 6.57. The van der Waals surface area contributed by atoms with Crippen LogP contribution >= 0.6 is 22.9 Å². The molecule has 2 aromatic heterocycles. The predicted molar refractivity (Wildman–Crippen MR) is 112 cm³/mol. The fourth-order valence-electron chi connectivity index (χ4n) is 2.99. The number of rotatable bonds is 4. The molecule has 0 aliphatic rings. The molecule has 0 fully saturated rings. The monoisotopic (exact) mass is 448 g/mol. The summed E-state index contributed by atoms with van der Waals surface area (Å²) < 4.78 is 42.7. The van der Waals surface area contributed by atoms with Gasteiger partial charge in [0.2, 0.25) is 0 Å². The second kappa shape index (κ2) is 7.58. The fourth-order valence-corrected chi connectivity index (χ4v) is 4.24. The third kappa shape index (κ3) is 3.76. The van der Waals surface area contributed by atoms with Crippen LogP contribution in [0.2, 0.25) is 5.02 Å². The number of aliphatic hydroxyl groups is 1. The highest BCUT2D eigenvalue weighted by Gasteiger charge is 2.24. The average Bonchev–Trinajstić information content (AvgIpc) is 3.32. The van der Waals surface area contributed by atoms with Gasteiger partial charge in [-0.25, -0.2) is 17.9 Å². The van der Waals surface area contributed by atoms with Crippen molar-refractivity contribution in [2.24, 2.45) is 0 Å². The molecule has 8 heteroatoms. The molecule has 30 heavy (non-hydrogen) atoms. The highest BCUT2D eigenvalue weighted by Crippen LogP contribution is 2.39. The van der Waals surface area contributed by atoms with Gasteiger partial charge < -0.3 is 5.11 Å². The van der Waals surface area contributed by atoms with Crippen LogP contribution in [0.15, 0.2) is 54.6 Å². The maximum absolute atomic E-state index is 14.2. The van der Waals surface area contributed by atoms with Crippen molar-refractivity contribution in [2.75, 3.05) is 0 Å². The van der Waals surface area contributed by atoms with E-state index in [4.69, 9.17) is 11.6 Å². The molecular formula is C22H16ClF3N2OS. The second-order valence-electron chi connectivity index (χ2n) is 7.25. The molecule has 2 heterocycles. The molecule has 0 aliphatic carbocycles. The van der Waals surface area contributed by atoms with Crippen LogP contribution in [0.5, 0.6) is 0 Å². The Labute approximate surface area is 180 Å². The molecule has 3 nitrogen and oxygen atoms in total. The Morgan fingerprint density at radius 2 is 1.60 bits per heavy atom. The summed E-state index contributed by atoms with van der Waals surface area (Å²) >= 11 is 7.54. The first-order chi connectivity index (χ1) is 14.1. The molecule has 0 spiro atoms. The van der Waals surface area contributed by atoms with E-state index in [2.05, 4.69) is 5.10 Å². The fraction of sp³-hybridized carbons (Fsp3) is 0.136. The van der Waals surface area contributed by atoms with Crippen molar-refractivity contribution in [3.63, 3.8) is 0 Å². The Hall–Kier alpha value is -2.61. The Morgan fingerprint density at radius 1 is 0.933 bits per heavy atom. The minimum Gasteiger partial charge on any atom is -0.384 e. The van der Waals surface area contributed by atoms with Gasteiger partial charge in [-0.05, 0) is 50.2 Å². The van der Waals surface area contributed by atoms with Crippen LogP contribution in [-0.4, -0.2) is 14.9 Å². The molecule has 0 radical (unpaired) electrons. The summed E-state index contributed by atoms with van der Waals surface area (Å²) in [7, 11) is 0. The van der Waals surface area contributed by atoms with Crippen LogP contribution in [0.1, 0.15) is 19.5 Å². The molecule has 4 aromatic rings. The first-order valence-corrected chi connectivity index (χ1v) is 10.2. The number of thiophene rings is 1. The minimum atomic E-state index is -1.24. The molecule has 0 aliphatic heterocycles. The van der Waals surface area contributed by atoms with E-state index in [0.717, 1.165) is 6.07 Å². The Kier molecular flexibility index (Phi) is 5.22. The van der Waals surface area contributed by atoms with E-state index < -0.39 is 23.1 Å². The van der Waals surface area contributed by atoms with Crippen molar-refractivity contribution < 1.29 is 18.3 Å². The number of halogens is 4. The highest BCUT2D eigenvalue weighted by molar-refractivity contribution is 7.18. The first kappa shape index (κ1) is 20.7. The summed E-state index contributed by atoms with van der Waals surface area (Å²) in [4.78, 5) is 1.12. The van der Waals surface area contributed by atoms with Gasteiger partial charge in [0, 0.05) is 16.5 Å². The standard InChI is InChI=1S/C22H16ClF3N2OS/c1-22(2,29)21-11-18(28(27-21)17-6-4-3-5-13(17)23)20-8-7-19(30-20)12-9-15(25)16(26)10-14(12)24/h3-11,29H,1-2H3. The van der Waals surface area contributed by atoms with Gasteiger partial charge in [0.15, 0.2) is 11.6 Å². The van der Waals surface area contributed by atoms with E-state index in [1.165, 1.54) is 11.3 Å². The maximum atomic E-state index is 14.2. The van der Waals surface area contributed by atoms with E-state index in [0.29, 0.717) is 37.9 Å². The van der Waals surface area contributed by atoms with Crippen molar-refractivity contribution >= 4 is 22.9 Å². The van der Waals surface area contributed by atoms with Crippen LogP contribution in [0.25, 0.3) is 26.7 Å². The SMILES string of the molecule is CC(C)(O)c1cc(-c2ccc(-c3cc(F)c(F)cc3F)s2)n(-c2ccccc2Cl)n1. The summed E-state index contributed by atoms with van der Waals surface area (Å²) in [5, 5.41) is 15.4. The Morgan fingerprint density at radius 3 is 2.30 bits per heavy atom. The number of para-hydroxylation sites is 1. The van der Waals surface area contributed by atoms with Gasteiger partial charge in [-0.3, -0.25) is 0 Å². The van der Waals surface area contributed by atoms with Gasteiger partial charge in [0.1, 0.15) is 11.4 Å². The van der Waals surface area contributed by atoms with Crippen molar-refractivity contribution in [1.82, 2.24) is 9.78 Å². The molecule has 4 rings (SSSR count). The van der Waals surface area contributed by atoms with Gasteiger partial charge in [-0.15, -0.1) is 11.3 Å². The summed E-state index contributed by atoms with van der Waals surface area (Å²) in [6.07, 6.45) is 0. The molecular weight excluding hydrogens is 433 g/mol. The molecule has 0 atom stereocenters. The summed E-state index contributed by atoms with van der Waals surface area (Å²) in [5.74, 6) is -3.20. The molecule has 0 amide bonds. The minimum absolute atomic E-state index is 0.0309. The van der Waals surface area contributed by atoms with Gasteiger partial charge in [0.05, 0.1) is 27.0 Å². The van der Waals surface area contributed by atoms with E-state index in [-0.39, 0.29) is 5.56 Å². The number of hydrogen-bond donors (Lipinski definition) is 1. The zero-order chi connectivity index (χ0) is 21.6. The summed E-state index contributed by atoms with van der Waals surface area (Å²) in [6, 6.07) is 13.6. The molecule has 0 saturated heterocycles. The lowest BCUT2D eigenvalue weighted by Crippen LogP contribution is -2.16. The lowest BCUT2D eigenvalue weighted by atomic mass is 10.1. The summed E-state index contributed by atoms with van der Waals surface area (Å²) in [5.41, 5.74) is 0.425. The quantitative estimate of drug-likeness (QED) is 0.359. The van der Waals surface area contributed by atoms with E-state index >= 15 is 0 Å². The van der Waals surface area contributed by atoms with Crippen LogP contribution in [0, 0.1) is 17.5 Å². The van der Waals surface area contributed by atoms with Crippen LogP contribution in [0.3, 0.4) is 0 Å². The molecule has 154 valence electrons. The number of aromatic nitrogens is 2. The van der Waals surface area contributed by atoms with E-state index in [1.807, 2.05) is 6.07 Å². The van der Waals surface area contributed by atoms with E-state index in [9.17, 15) is 18.3 Å². The zero-order valence-corrected chi connectivity index (χ0v) is 17.5. The second-order valence-corrected chi connectivity index (χ2v) is 8.74. The number of benzene rings is 2. The Balaban J connectivity index is 1.87. The van der Waals surface area contributed by atoms with Crippen molar-refractivity contribution in [1.29, 1.82) is 0 Å². The van der Waals surface area contributed by atoms with Crippen molar-refractivity contribution in [2.45, 2.75) is 19.4 Å². The van der Waals surface area contributed by atoms with Crippen LogP contribution in [-0.2, 0) is 5.60 Å². The molecule has 0 saturated carbocycles. The third-order valence-corrected chi connectivity index (χ3v) is 6.01. The Bertz CT molecular complexity index is 1240. The lowest BCUT2D eigenvalue weighted by molar-refractivity contribution is 0.0734. The molecule has 0 bridgehead atoms. The lowest BCUT2D eigenvalue weighted by Gasteiger charge is -2.13. The third-order valence-electron chi connectivity index (χ3n) is 4.55. The van der Waals surface area contributed by atoms with Crippen LogP contribution < -0.4 is 0 Å². The number of hydrogen-bond acceptors (Lipinski definition) is 3. The molecule has 0 unspecified atom stereocenters.